The Balaban J connectivity index is 1.60. The Morgan fingerprint density at radius 1 is 1.32 bits per heavy atom. The van der Waals surface area contributed by atoms with E-state index in [1.54, 1.807) is 0 Å². The standard InChI is InChI=1S/C19H27N3O3/c1-12(22-10-13(2)25-14(3)11-22)9-20-19(24)16-8-18(23)21-17-7-5-4-6-15(16)17/h4-7,12-14,16H,8-11H2,1-3H3,(H,20,24)(H,21,23)/t12-,13-,14-,16-/m1/s1. The van der Waals surface area contributed by atoms with Gasteiger partial charge in [-0.15, -0.1) is 0 Å². The SMILES string of the molecule is C[C@@H]1CN([C@H](C)CNC(=O)[C@@H]2CC(=O)Nc3ccccc32)C[C@@H](C)O1. The van der Waals surface area contributed by atoms with Crippen molar-refractivity contribution in [1.82, 2.24) is 10.2 Å². The van der Waals surface area contributed by atoms with E-state index in [1.807, 2.05) is 24.3 Å². The lowest BCUT2D eigenvalue weighted by Gasteiger charge is -2.39. The molecule has 25 heavy (non-hydrogen) atoms. The van der Waals surface area contributed by atoms with Gasteiger partial charge in [0.05, 0.1) is 18.1 Å². The lowest BCUT2D eigenvalue weighted by atomic mass is 9.90. The number of amides is 2. The van der Waals surface area contributed by atoms with Gasteiger partial charge in [-0.2, -0.15) is 0 Å². The molecule has 0 bridgehead atoms. The third kappa shape index (κ3) is 4.19. The van der Waals surface area contributed by atoms with E-state index < -0.39 is 5.92 Å². The van der Waals surface area contributed by atoms with Crippen molar-refractivity contribution in [2.24, 2.45) is 0 Å². The van der Waals surface area contributed by atoms with Crippen molar-refractivity contribution in [3.8, 4) is 0 Å². The minimum atomic E-state index is -0.417. The van der Waals surface area contributed by atoms with Crippen molar-refractivity contribution >= 4 is 17.5 Å². The summed E-state index contributed by atoms with van der Waals surface area (Å²) in [6.07, 6.45) is 0.606. The molecule has 0 aliphatic carbocycles. The summed E-state index contributed by atoms with van der Waals surface area (Å²) in [6, 6.07) is 7.74. The van der Waals surface area contributed by atoms with Gasteiger partial charge < -0.3 is 15.4 Å². The Morgan fingerprint density at radius 2 is 2.00 bits per heavy atom. The summed E-state index contributed by atoms with van der Waals surface area (Å²) in [6.45, 7) is 8.58. The second-order valence-corrected chi connectivity index (χ2v) is 7.20. The normalized spacial score (nSPS) is 28.0. The predicted octanol–water partition coefficient (Wildman–Crippen LogP) is 1.73. The molecule has 1 fully saturated rings. The first-order valence-electron chi connectivity index (χ1n) is 9.00. The maximum Gasteiger partial charge on any atom is 0.228 e. The van der Waals surface area contributed by atoms with Crippen LogP contribution in [0.2, 0.25) is 0 Å². The molecule has 1 aromatic carbocycles. The Morgan fingerprint density at radius 3 is 2.72 bits per heavy atom. The van der Waals surface area contributed by atoms with Crippen LogP contribution in [-0.4, -0.2) is 54.6 Å². The molecule has 2 amide bonds. The lowest BCUT2D eigenvalue weighted by Crippen LogP contribution is -2.52. The van der Waals surface area contributed by atoms with Crippen LogP contribution in [0.3, 0.4) is 0 Å². The number of carbonyl (C=O) groups excluding carboxylic acids is 2. The summed E-state index contributed by atoms with van der Waals surface area (Å²) < 4.78 is 5.76. The van der Waals surface area contributed by atoms with Gasteiger partial charge in [-0.05, 0) is 32.4 Å². The van der Waals surface area contributed by atoms with E-state index in [2.05, 4.69) is 36.3 Å². The van der Waals surface area contributed by atoms with Gasteiger partial charge in [0.1, 0.15) is 0 Å². The molecule has 1 aromatic rings. The number of carbonyl (C=O) groups is 2. The quantitative estimate of drug-likeness (QED) is 0.872. The van der Waals surface area contributed by atoms with Gasteiger partial charge in [0.15, 0.2) is 0 Å². The van der Waals surface area contributed by atoms with Crippen LogP contribution in [0, 0.1) is 0 Å². The van der Waals surface area contributed by atoms with Crippen molar-refractivity contribution < 1.29 is 14.3 Å². The second-order valence-electron chi connectivity index (χ2n) is 7.20. The molecular formula is C19H27N3O3. The molecule has 4 atom stereocenters. The summed E-state index contributed by atoms with van der Waals surface area (Å²) in [5.41, 5.74) is 1.63. The average Bonchev–Trinajstić information content (AvgIpc) is 2.57. The summed E-state index contributed by atoms with van der Waals surface area (Å²) in [4.78, 5) is 26.9. The number of nitrogens with zero attached hydrogens (tertiary/aromatic N) is 1. The van der Waals surface area contributed by atoms with Crippen molar-refractivity contribution in [2.45, 2.75) is 51.4 Å². The molecule has 0 unspecified atom stereocenters. The largest absolute Gasteiger partial charge is 0.373 e. The summed E-state index contributed by atoms with van der Waals surface area (Å²) in [5.74, 6) is -0.606. The monoisotopic (exact) mass is 345 g/mol. The maximum absolute atomic E-state index is 12.7. The maximum atomic E-state index is 12.7. The fourth-order valence-corrected chi connectivity index (χ4v) is 3.72. The van der Waals surface area contributed by atoms with Crippen LogP contribution in [0.5, 0.6) is 0 Å². The molecule has 2 aliphatic heterocycles. The van der Waals surface area contributed by atoms with Crippen LogP contribution in [0.4, 0.5) is 5.69 Å². The third-order valence-corrected chi connectivity index (χ3v) is 4.96. The fraction of sp³-hybridized carbons (Fsp3) is 0.579. The number of para-hydroxylation sites is 1. The number of morpholine rings is 1. The first-order chi connectivity index (χ1) is 11.9. The molecule has 136 valence electrons. The highest BCUT2D eigenvalue weighted by molar-refractivity contribution is 6.01. The third-order valence-electron chi connectivity index (χ3n) is 4.96. The van der Waals surface area contributed by atoms with Crippen LogP contribution in [-0.2, 0) is 14.3 Å². The number of hydrogen-bond acceptors (Lipinski definition) is 4. The second kappa shape index (κ2) is 7.54. The number of nitrogens with one attached hydrogen (secondary N) is 2. The van der Waals surface area contributed by atoms with E-state index in [0.29, 0.717) is 6.54 Å². The Hall–Kier alpha value is -1.92. The lowest BCUT2D eigenvalue weighted by molar-refractivity contribution is -0.126. The fourth-order valence-electron chi connectivity index (χ4n) is 3.72. The number of rotatable bonds is 4. The topological polar surface area (TPSA) is 70.7 Å². The van der Waals surface area contributed by atoms with E-state index in [1.165, 1.54) is 0 Å². The molecule has 2 N–H and O–H groups in total. The zero-order valence-electron chi connectivity index (χ0n) is 15.1. The molecule has 0 aromatic heterocycles. The molecule has 2 aliphatic rings. The zero-order chi connectivity index (χ0) is 18.0. The van der Waals surface area contributed by atoms with Gasteiger partial charge in [-0.3, -0.25) is 14.5 Å². The molecule has 3 rings (SSSR count). The van der Waals surface area contributed by atoms with Crippen molar-refractivity contribution in [3.63, 3.8) is 0 Å². The van der Waals surface area contributed by atoms with Crippen LogP contribution < -0.4 is 10.6 Å². The van der Waals surface area contributed by atoms with Crippen LogP contribution in [0.15, 0.2) is 24.3 Å². The minimum Gasteiger partial charge on any atom is -0.373 e. The average molecular weight is 345 g/mol. The van der Waals surface area contributed by atoms with Crippen molar-refractivity contribution in [2.75, 3.05) is 25.0 Å². The first kappa shape index (κ1) is 17.9. The van der Waals surface area contributed by atoms with E-state index in [9.17, 15) is 9.59 Å². The molecule has 6 heteroatoms. The predicted molar refractivity (Wildman–Crippen MR) is 96.5 cm³/mol. The smallest absolute Gasteiger partial charge is 0.228 e. The summed E-state index contributed by atoms with van der Waals surface area (Å²) in [5, 5.41) is 5.87. The number of benzene rings is 1. The molecular weight excluding hydrogens is 318 g/mol. The van der Waals surface area contributed by atoms with Crippen molar-refractivity contribution in [3.05, 3.63) is 29.8 Å². The van der Waals surface area contributed by atoms with Crippen molar-refractivity contribution in [1.29, 1.82) is 0 Å². The summed E-state index contributed by atoms with van der Waals surface area (Å²) >= 11 is 0. The van der Waals surface area contributed by atoms with Gasteiger partial charge >= 0.3 is 0 Å². The molecule has 0 radical (unpaired) electrons. The Bertz CT molecular complexity index is 639. The van der Waals surface area contributed by atoms with Gasteiger partial charge in [-0.25, -0.2) is 0 Å². The van der Waals surface area contributed by atoms with Crippen LogP contribution >= 0.6 is 0 Å². The Labute approximate surface area is 148 Å². The molecule has 2 heterocycles. The Kier molecular flexibility index (Phi) is 5.39. The van der Waals surface area contributed by atoms with E-state index in [4.69, 9.17) is 4.74 Å². The summed E-state index contributed by atoms with van der Waals surface area (Å²) in [7, 11) is 0. The van der Waals surface area contributed by atoms with Gasteiger partial charge in [-0.1, -0.05) is 18.2 Å². The number of anilines is 1. The highest BCUT2D eigenvalue weighted by Crippen LogP contribution is 2.32. The number of fused-ring (bicyclic) bond motifs is 1. The van der Waals surface area contributed by atoms with E-state index >= 15 is 0 Å². The molecule has 0 saturated carbocycles. The van der Waals surface area contributed by atoms with Crippen LogP contribution in [0.1, 0.15) is 38.7 Å². The first-order valence-corrected chi connectivity index (χ1v) is 9.00. The van der Waals surface area contributed by atoms with E-state index in [0.717, 1.165) is 24.3 Å². The highest BCUT2D eigenvalue weighted by Gasteiger charge is 2.31. The zero-order valence-corrected chi connectivity index (χ0v) is 15.1. The molecule has 6 nitrogen and oxygen atoms in total. The van der Waals surface area contributed by atoms with Gasteiger partial charge in [0, 0.05) is 37.8 Å². The van der Waals surface area contributed by atoms with Crippen LogP contribution in [0.25, 0.3) is 0 Å². The minimum absolute atomic E-state index is 0.0801. The highest BCUT2D eigenvalue weighted by atomic mass is 16.5. The molecule has 1 saturated heterocycles. The number of ether oxygens (including phenoxy) is 1. The van der Waals surface area contributed by atoms with E-state index in [-0.39, 0.29) is 36.5 Å². The van der Waals surface area contributed by atoms with Gasteiger partial charge in [0.25, 0.3) is 0 Å². The number of hydrogen-bond donors (Lipinski definition) is 2. The van der Waals surface area contributed by atoms with Gasteiger partial charge in [0.2, 0.25) is 11.8 Å². The molecule has 0 spiro atoms.